The van der Waals surface area contributed by atoms with E-state index in [9.17, 15) is 0 Å². The fraction of sp³-hybridized carbons (Fsp3) is 0.385. The van der Waals surface area contributed by atoms with Crippen molar-refractivity contribution in [3.63, 3.8) is 0 Å². The van der Waals surface area contributed by atoms with Gasteiger partial charge in [0.2, 0.25) is 0 Å². The second-order valence-electron chi connectivity index (χ2n) is 2.87. The summed E-state index contributed by atoms with van der Waals surface area (Å²) in [5, 5.41) is 0. The first kappa shape index (κ1) is 12.0. The molecule has 0 unspecified atom stereocenters. The summed E-state index contributed by atoms with van der Waals surface area (Å²) < 4.78 is 0. The molecular weight excluding hydrogens is 156 g/mol. The minimum atomic E-state index is 1.16. The molecule has 0 aromatic heterocycles. The maximum Gasteiger partial charge on any atom is -0.0279 e. The predicted octanol–water partition coefficient (Wildman–Crippen LogP) is 4.00. The highest BCUT2D eigenvalue weighted by Crippen LogP contribution is 2.10. The van der Waals surface area contributed by atoms with Gasteiger partial charge in [-0.2, -0.15) is 0 Å². The fourth-order valence-corrected chi connectivity index (χ4v) is 1.42. The molecule has 0 N–H and O–H groups in total. The molecule has 0 heterocycles. The Bertz CT molecular complexity index is 225. The molecule has 0 aliphatic rings. The van der Waals surface area contributed by atoms with Crippen molar-refractivity contribution in [2.24, 2.45) is 0 Å². The highest BCUT2D eigenvalue weighted by molar-refractivity contribution is 5.26. The van der Waals surface area contributed by atoms with Crippen molar-refractivity contribution in [3.05, 3.63) is 48.6 Å². The van der Waals surface area contributed by atoms with Crippen molar-refractivity contribution in [1.82, 2.24) is 0 Å². The van der Waals surface area contributed by atoms with Gasteiger partial charge in [0.25, 0.3) is 0 Å². The van der Waals surface area contributed by atoms with Gasteiger partial charge in [0.05, 0.1) is 0 Å². The number of hydrogen-bond donors (Lipinski definition) is 0. The Morgan fingerprint density at radius 1 is 1.00 bits per heavy atom. The van der Waals surface area contributed by atoms with Gasteiger partial charge in [0.15, 0.2) is 0 Å². The second kappa shape index (κ2) is 7.60. The summed E-state index contributed by atoms with van der Waals surface area (Å²) in [7, 11) is 0. The first-order valence-electron chi connectivity index (χ1n) is 4.95. The molecule has 1 aromatic carbocycles. The molecule has 0 radical (unpaired) electrons. The summed E-state index contributed by atoms with van der Waals surface area (Å²) in [5.41, 5.74) is 3.03. The van der Waals surface area contributed by atoms with Crippen molar-refractivity contribution in [2.45, 2.75) is 33.1 Å². The van der Waals surface area contributed by atoms with Gasteiger partial charge < -0.3 is 0 Å². The minimum Gasteiger partial charge on any atom is -0.106 e. The first-order chi connectivity index (χ1) is 6.38. The molecule has 1 aromatic rings. The van der Waals surface area contributed by atoms with Crippen molar-refractivity contribution >= 4 is 0 Å². The third-order valence-corrected chi connectivity index (χ3v) is 2.02. The van der Waals surface area contributed by atoms with Crippen LogP contribution in [0.15, 0.2) is 37.4 Å². The van der Waals surface area contributed by atoms with Crippen LogP contribution in [0.4, 0.5) is 0 Å². The topological polar surface area (TPSA) is 0 Å². The van der Waals surface area contributed by atoms with Gasteiger partial charge >= 0.3 is 0 Å². The number of aryl methyl sites for hydroxylation is 2. The van der Waals surface area contributed by atoms with Crippen LogP contribution < -0.4 is 0 Å². The Kier molecular flexibility index (Phi) is 6.99. The third-order valence-electron chi connectivity index (χ3n) is 2.02. The van der Waals surface area contributed by atoms with E-state index in [0.717, 1.165) is 6.42 Å². The molecule has 13 heavy (non-hydrogen) atoms. The summed E-state index contributed by atoms with van der Waals surface area (Å²) in [6.45, 7) is 10.4. The van der Waals surface area contributed by atoms with E-state index >= 15 is 0 Å². The Morgan fingerprint density at radius 3 is 2.00 bits per heavy atom. The lowest BCUT2D eigenvalue weighted by Gasteiger charge is -2.04. The van der Waals surface area contributed by atoms with Crippen molar-refractivity contribution in [2.75, 3.05) is 0 Å². The molecule has 0 heteroatoms. The lowest BCUT2D eigenvalue weighted by atomic mass is 10.0. The molecule has 72 valence electrons. The van der Waals surface area contributed by atoms with Crippen LogP contribution in [-0.4, -0.2) is 0 Å². The maximum atomic E-state index is 3.00. The zero-order chi connectivity index (χ0) is 10.1. The Hall–Kier alpha value is -1.04. The normalized spacial score (nSPS) is 8.77. The summed E-state index contributed by atoms with van der Waals surface area (Å²) in [6.07, 6.45) is 3.64. The lowest BCUT2D eigenvalue weighted by molar-refractivity contribution is 0.899. The van der Waals surface area contributed by atoms with Gasteiger partial charge in [0, 0.05) is 0 Å². The van der Waals surface area contributed by atoms with Crippen LogP contribution in [0.25, 0.3) is 0 Å². The van der Waals surface area contributed by atoms with Gasteiger partial charge in [-0.3, -0.25) is 0 Å². The third kappa shape index (κ3) is 3.93. The Labute approximate surface area is 82.3 Å². The standard InChI is InChI=1S/C11H16.C2H4/c1-3-7-11-9-6-5-8-10(11)4-2;1-2/h5-6,8-9H,3-4,7H2,1-2H3;1-2H2. The molecular formula is C13H20. The quantitative estimate of drug-likeness (QED) is 0.610. The van der Waals surface area contributed by atoms with Crippen LogP contribution in [-0.2, 0) is 12.8 Å². The fourth-order valence-electron chi connectivity index (χ4n) is 1.42. The van der Waals surface area contributed by atoms with E-state index in [-0.39, 0.29) is 0 Å². The molecule has 0 saturated heterocycles. The molecule has 0 nitrogen and oxygen atoms in total. The molecule has 0 bridgehead atoms. The summed E-state index contributed by atoms with van der Waals surface area (Å²) in [5.74, 6) is 0. The van der Waals surface area contributed by atoms with E-state index in [2.05, 4.69) is 51.3 Å². The largest absolute Gasteiger partial charge is 0.106 e. The summed E-state index contributed by atoms with van der Waals surface area (Å²) in [6, 6.07) is 8.72. The minimum absolute atomic E-state index is 1.16. The molecule has 0 atom stereocenters. The number of rotatable bonds is 3. The van der Waals surface area contributed by atoms with Crippen LogP contribution in [0.2, 0.25) is 0 Å². The predicted molar refractivity (Wildman–Crippen MR) is 61.1 cm³/mol. The molecule has 1 rings (SSSR count). The van der Waals surface area contributed by atoms with Gasteiger partial charge in [-0.05, 0) is 24.0 Å². The van der Waals surface area contributed by atoms with E-state index in [1.54, 1.807) is 0 Å². The van der Waals surface area contributed by atoms with Crippen LogP contribution in [0, 0.1) is 0 Å². The monoisotopic (exact) mass is 176 g/mol. The van der Waals surface area contributed by atoms with Gasteiger partial charge in [-0.25, -0.2) is 0 Å². The zero-order valence-corrected chi connectivity index (χ0v) is 8.84. The van der Waals surface area contributed by atoms with Crippen LogP contribution in [0.1, 0.15) is 31.4 Å². The zero-order valence-electron chi connectivity index (χ0n) is 8.84. The van der Waals surface area contributed by atoms with E-state index in [4.69, 9.17) is 0 Å². The maximum absolute atomic E-state index is 3.00. The van der Waals surface area contributed by atoms with E-state index in [0.29, 0.717) is 0 Å². The van der Waals surface area contributed by atoms with Gasteiger partial charge in [-0.15, -0.1) is 13.2 Å². The van der Waals surface area contributed by atoms with Crippen molar-refractivity contribution < 1.29 is 0 Å². The number of hydrogen-bond acceptors (Lipinski definition) is 0. The summed E-state index contributed by atoms with van der Waals surface area (Å²) >= 11 is 0. The number of benzene rings is 1. The van der Waals surface area contributed by atoms with Gasteiger partial charge in [0.1, 0.15) is 0 Å². The van der Waals surface area contributed by atoms with Crippen LogP contribution in [0.5, 0.6) is 0 Å². The van der Waals surface area contributed by atoms with Crippen LogP contribution in [0.3, 0.4) is 0 Å². The van der Waals surface area contributed by atoms with E-state index in [1.807, 2.05) is 0 Å². The van der Waals surface area contributed by atoms with Crippen molar-refractivity contribution in [3.8, 4) is 0 Å². The highest BCUT2D eigenvalue weighted by Gasteiger charge is 1.96. The average Bonchev–Trinajstić information content (AvgIpc) is 2.22. The molecule has 0 amide bonds. The SMILES string of the molecule is C=C.CCCc1ccccc1CC. The van der Waals surface area contributed by atoms with E-state index < -0.39 is 0 Å². The second-order valence-corrected chi connectivity index (χ2v) is 2.87. The first-order valence-corrected chi connectivity index (χ1v) is 4.95. The molecule has 0 aliphatic carbocycles. The summed E-state index contributed by atoms with van der Waals surface area (Å²) in [4.78, 5) is 0. The average molecular weight is 176 g/mol. The van der Waals surface area contributed by atoms with E-state index in [1.165, 1.54) is 24.0 Å². The Morgan fingerprint density at radius 2 is 1.54 bits per heavy atom. The van der Waals surface area contributed by atoms with Gasteiger partial charge in [-0.1, -0.05) is 44.5 Å². The molecule has 0 fully saturated rings. The molecule has 0 saturated carbocycles. The highest BCUT2D eigenvalue weighted by atomic mass is 14.0. The van der Waals surface area contributed by atoms with Crippen molar-refractivity contribution in [1.29, 1.82) is 0 Å². The molecule has 0 aliphatic heterocycles. The lowest BCUT2D eigenvalue weighted by Crippen LogP contribution is -1.90. The Balaban J connectivity index is 0.000000671. The smallest absolute Gasteiger partial charge is 0.0279 e. The van der Waals surface area contributed by atoms with Crippen LogP contribution >= 0.6 is 0 Å². The molecule has 0 spiro atoms.